The molecule has 5 heteroatoms. The molecule has 1 fully saturated rings. The Balaban J connectivity index is 1.38. The fourth-order valence-electron chi connectivity index (χ4n) is 3.24. The molecular formula is C20H26N2O2S. The van der Waals surface area contributed by atoms with Crippen molar-refractivity contribution in [3.63, 3.8) is 0 Å². The van der Waals surface area contributed by atoms with Crippen molar-refractivity contribution in [3.05, 3.63) is 60.7 Å². The molecule has 4 nitrogen and oxygen atoms in total. The first-order valence-corrected chi connectivity index (χ1v) is 10.6. The van der Waals surface area contributed by atoms with E-state index in [-0.39, 0.29) is 5.75 Å². The van der Waals surface area contributed by atoms with Crippen molar-refractivity contribution in [3.8, 4) is 0 Å². The first kappa shape index (κ1) is 18.0. The van der Waals surface area contributed by atoms with Gasteiger partial charge in [-0.15, -0.1) is 0 Å². The minimum absolute atomic E-state index is 0.237. The van der Waals surface area contributed by atoms with E-state index in [2.05, 4.69) is 34.1 Å². The Bertz CT molecular complexity index is 740. The number of nitrogens with zero attached hydrogens (tertiary/aromatic N) is 2. The zero-order chi connectivity index (χ0) is 17.5. The maximum absolute atomic E-state index is 12.3. The minimum atomic E-state index is -3.13. The molecule has 0 radical (unpaired) electrons. The number of anilines is 1. The molecule has 25 heavy (non-hydrogen) atoms. The van der Waals surface area contributed by atoms with Crippen LogP contribution in [0.3, 0.4) is 0 Å². The molecule has 0 atom stereocenters. The number of sulfone groups is 1. The van der Waals surface area contributed by atoms with Crippen LogP contribution < -0.4 is 4.90 Å². The smallest absolute Gasteiger partial charge is 0.178 e. The molecule has 0 saturated carbocycles. The Morgan fingerprint density at radius 2 is 1.36 bits per heavy atom. The zero-order valence-corrected chi connectivity index (χ0v) is 15.4. The predicted molar refractivity (Wildman–Crippen MR) is 103 cm³/mol. The van der Waals surface area contributed by atoms with Gasteiger partial charge in [0.15, 0.2) is 9.84 Å². The molecule has 3 rings (SSSR count). The molecule has 0 bridgehead atoms. The molecule has 1 saturated heterocycles. The molecule has 1 heterocycles. The lowest BCUT2D eigenvalue weighted by molar-refractivity contribution is 0.254. The maximum Gasteiger partial charge on any atom is 0.178 e. The number of rotatable bonds is 7. The van der Waals surface area contributed by atoms with Gasteiger partial charge in [0.05, 0.1) is 10.6 Å². The summed E-state index contributed by atoms with van der Waals surface area (Å²) < 4.78 is 24.5. The molecule has 0 unspecified atom stereocenters. The lowest BCUT2D eigenvalue weighted by Crippen LogP contribution is -2.46. The molecule has 1 aliphatic rings. The first-order valence-electron chi connectivity index (χ1n) is 8.95. The van der Waals surface area contributed by atoms with Crippen molar-refractivity contribution in [1.29, 1.82) is 0 Å². The van der Waals surface area contributed by atoms with Gasteiger partial charge >= 0.3 is 0 Å². The monoisotopic (exact) mass is 358 g/mol. The van der Waals surface area contributed by atoms with Crippen molar-refractivity contribution < 1.29 is 8.42 Å². The van der Waals surface area contributed by atoms with Gasteiger partial charge in [-0.2, -0.15) is 0 Å². The molecule has 0 aliphatic carbocycles. The summed E-state index contributed by atoms with van der Waals surface area (Å²) in [6.45, 7) is 5.13. The average molecular weight is 359 g/mol. The normalized spacial score (nSPS) is 16.1. The number of unbranched alkanes of at least 4 members (excludes halogenated alkanes) is 1. The third-order valence-electron chi connectivity index (χ3n) is 4.73. The third kappa shape index (κ3) is 5.06. The van der Waals surface area contributed by atoms with E-state index in [4.69, 9.17) is 0 Å². The van der Waals surface area contributed by atoms with Crippen LogP contribution in [0.4, 0.5) is 5.69 Å². The van der Waals surface area contributed by atoms with Crippen LogP contribution in [0, 0.1) is 0 Å². The van der Waals surface area contributed by atoms with Crippen LogP contribution in [0.2, 0.25) is 0 Å². The molecule has 0 spiro atoms. The van der Waals surface area contributed by atoms with E-state index in [1.165, 1.54) is 5.69 Å². The zero-order valence-electron chi connectivity index (χ0n) is 14.5. The lowest BCUT2D eigenvalue weighted by Gasteiger charge is -2.36. The Labute approximate surface area is 151 Å². The summed E-state index contributed by atoms with van der Waals surface area (Å²) in [4.78, 5) is 5.29. The van der Waals surface area contributed by atoms with Crippen LogP contribution >= 0.6 is 0 Å². The fraction of sp³-hybridized carbons (Fsp3) is 0.400. The fourth-order valence-corrected chi connectivity index (χ4v) is 4.63. The second kappa shape index (κ2) is 8.50. The van der Waals surface area contributed by atoms with Crippen molar-refractivity contribution in [2.75, 3.05) is 43.4 Å². The number of piperazine rings is 1. The highest BCUT2D eigenvalue weighted by molar-refractivity contribution is 7.91. The van der Waals surface area contributed by atoms with E-state index in [1.54, 1.807) is 24.3 Å². The third-order valence-corrected chi connectivity index (χ3v) is 6.55. The van der Waals surface area contributed by atoms with E-state index < -0.39 is 9.84 Å². The van der Waals surface area contributed by atoms with Gasteiger partial charge < -0.3 is 4.90 Å². The summed E-state index contributed by atoms with van der Waals surface area (Å²) in [5.74, 6) is 0.237. The van der Waals surface area contributed by atoms with Gasteiger partial charge in [0.2, 0.25) is 0 Å². The van der Waals surface area contributed by atoms with Crippen LogP contribution in [0.25, 0.3) is 0 Å². The number of hydrogen-bond donors (Lipinski definition) is 0. The van der Waals surface area contributed by atoms with Crippen molar-refractivity contribution in [2.24, 2.45) is 0 Å². The summed E-state index contributed by atoms with van der Waals surface area (Å²) in [6, 6.07) is 19.3. The van der Waals surface area contributed by atoms with Gasteiger partial charge in [-0.1, -0.05) is 36.4 Å². The van der Waals surface area contributed by atoms with E-state index in [9.17, 15) is 8.42 Å². The van der Waals surface area contributed by atoms with Gasteiger partial charge in [-0.05, 0) is 43.7 Å². The molecule has 0 N–H and O–H groups in total. The van der Waals surface area contributed by atoms with E-state index in [0.29, 0.717) is 4.90 Å². The highest BCUT2D eigenvalue weighted by atomic mass is 32.2. The summed E-state index contributed by atoms with van der Waals surface area (Å²) in [7, 11) is -3.13. The second-order valence-corrected chi connectivity index (χ2v) is 8.61. The van der Waals surface area contributed by atoms with Crippen LogP contribution in [-0.2, 0) is 9.84 Å². The minimum Gasteiger partial charge on any atom is -0.369 e. The lowest BCUT2D eigenvalue weighted by atomic mass is 10.2. The van der Waals surface area contributed by atoms with E-state index >= 15 is 0 Å². The van der Waals surface area contributed by atoms with Crippen LogP contribution in [0.1, 0.15) is 12.8 Å². The van der Waals surface area contributed by atoms with Gasteiger partial charge in [-0.3, -0.25) is 4.90 Å². The number of hydrogen-bond acceptors (Lipinski definition) is 4. The Morgan fingerprint density at radius 3 is 2.00 bits per heavy atom. The van der Waals surface area contributed by atoms with E-state index in [0.717, 1.165) is 45.6 Å². The number of para-hydroxylation sites is 1. The summed E-state index contributed by atoms with van der Waals surface area (Å²) in [5.41, 5.74) is 1.29. The molecule has 0 amide bonds. The van der Waals surface area contributed by atoms with Gasteiger partial charge in [-0.25, -0.2) is 8.42 Å². The molecule has 0 aromatic heterocycles. The SMILES string of the molecule is O=S(=O)(CCCCN1CCN(c2ccccc2)CC1)c1ccccc1. The average Bonchev–Trinajstić information content (AvgIpc) is 2.67. The first-order chi connectivity index (χ1) is 12.1. The van der Waals surface area contributed by atoms with Crippen LogP contribution in [0.5, 0.6) is 0 Å². The van der Waals surface area contributed by atoms with Gasteiger partial charge in [0.1, 0.15) is 0 Å². The highest BCUT2D eigenvalue weighted by Gasteiger charge is 2.17. The molecule has 134 valence electrons. The molecule has 1 aliphatic heterocycles. The molecule has 2 aromatic carbocycles. The molecular weight excluding hydrogens is 332 g/mol. The highest BCUT2D eigenvalue weighted by Crippen LogP contribution is 2.16. The van der Waals surface area contributed by atoms with Crippen LogP contribution in [-0.4, -0.2) is 51.8 Å². The maximum atomic E-state index is 12.3. The van der Waals surface area contributed by atoms with Crippen LogP contribution in [0.15, 0.2) is 65.6 Å². The van der Waals surface area contributed by atoms with Crippen molar-refractivity contribution in [1.82, 2.24) is 4.90 Å². The quantitative estimate of drug-likeness (QED) is 0.713. The van der Waals surface area contributed by atoms with Gasteiger partial charge in [0.25, 0.3) is 0 Å². The largest absolute Gasteiger partial charge is 0.369 e. The summed E-state index contributed by atoms with van der Waals surface area (Å²) in [5, 5.41) is 0. The van der Waals surface area contributed by atoms with Crippen molar-refractivity contribution in [2.45, 2.75) is 17.7 Å². The Kier molecular flexibility index (Phi) is 6.10. The Morgan fingerprint density at radius 1 is 0.760 bits per heavy atom. The van der Waals surface area contributed by atoms with Gasteiger partial charge in [0, 0.05) is 31.9 Å². The number of benzene rings is 2. The summed E-state index contributed by atoms with van der Waals surface area (Å²) >= 11 is 0. The second-order valence-electron chi connectivity index (χ2n) is 6.50. The summed E-state index contributed by atoms with van der Waals surface area (Å²) in [6.07, 6.45) is 1.65. The van der Waals surface area contributed by atoms with E-state index in [1.807, 2.05) is 12.1 Å². The topological polar surface area (TPSA) is 40.6 Å². The Hall–Kier alpha value is -1.85. The standard InChI is InChI=1S/C20H26N2O2S/c23-25(24,20-11-5-2-6-12-20)18-8-7-13-21-14-16-22(17-15-21)19-9-3-1-4-10-19/h1-6,9-12H,7-8,13-18H2. The molecule has 2 aromatic rings. The van der Waals surface area contributed by atoms with Crippen molar-refractivity contribution >= 4 is 15.5 Å². The predicted octanol–water partition coefficient (Wildman–Crippen LogP) is 3.06.